The average molecular weight is 382 g/mol. The summed E-state index contributed by atoms with van der Waals surface area (Å²) in [5.41, 5.74) is 1.12. The van der Waals surface area contributed by atoms with Crippen LogP contribution in [-0.2, 0) is 19.4 Å². The second-order valence-electron chi connectivity index (χ2n) is 6.19. The molecule has 142 valence electrons. The van der Waals surface area contributed by atoms with Gasteiger partial charge in [0.15, 0.2) is 9.84 Å². The lowest BCUT2D eigenvalue weighted by atomic mass is 10.2. The van der Waals surface area contributed by atoms with Gasteiger partial charge in [-0.25, -0.2) is 13.2 Å². The van der Waals surface area contributed by atoms with Crippen LogP contribution in [0.5, 0.6) is 0 Å². The molecule has 0 aliphatic carbocycles. The molecule has 1 aliphatic rings. The molecule has 0 bridgehead atoms. The van der Waals surface area contributed by atoms with Crippen molar-refractivity contribution >= 4 is 39.1 Å². The van der Waals surface area contributed by atoms with Crippen LogP contribution in [0.15, 0.2) is 24.3 Å². The molecule has 4 amide bonds. The van der Waals surface area contributed by atoms with Gasteiger partial charge in [-0.1, -0.05) is 0 Å². The summed E-state index contributed by atoms with van der Waals surface area (Å²) in [6.45, 7) is 2.92. The van der Waals surface area contributed by atoms with E-state index in [1.165, 1.54) is 13.8 Å². The van der Waals surface area contributed by atoms with E-state index in [0.29, 0.717) is 17.8 Å². The van der Waals surface area contributed by atoms with Gasteiger partial charge in [-0.05, 0) is 37.6 Å². The van der Waals surface area contributed by atoms with Crippen molar-refractivity contribution in [3.05, 3.63) is 24.3 Å². The Morgan fingerprint density at radius 2 is 1.65 bits per heavy atom. The van der Waals surface area contributed by atoms with Gasteiger partial charge in [0.1, 0.15) is 6.04 Å². The van der Waals surface area contributed by atoms with Crippen molar-refractivity contribution < 1.29 is 22.8 Å². The molecule has 0 radical (unpaired) electrons. The molecule has 1 heterocycles. The third-order valence-corrected chi connectivity index (χ3v) is 5.55. The summed E-state index contributed by atoms with van der Waals surface area (Å²) in [5, 5.41) is 10.3. The van der Waals surface area contributed by atoms with Crippen molar-refractivity contribution in [1.82, 2.24) is 10.6 Å². The van der Waals surface area contributed by atoms with E-state index < -0.39 is 33.9 Å². The number of carbonyl (C=O) groups is 3. The molecular formula is C16H22N4O5S. The first-order chi connectivity index (χ1) is 12.1. The van der Waals surface area contributed by atoms with Crippen molar-refractivity contribution in [2.45, 2.75) is 32.4 Å². The molecule has 1 aromatic rings. The quantitative estimate of drug-likeness (QED) is 0.587. The van der Waals surface area contributed by atoms with Gasteiger partial charge in [-0.3, -0.25) is 9.59 Å². The summed E-state index contributed by atoms with van der Waals surface area (Å²) in [7, 11) is -3.09. The number of rotatable bonds is 5. The summed E-state index contributed by atoms with van der Waals surface area (Å²) in [6.07, 6.45) is 0.372. The van der Waals surface area contributed by atoms with Crippen LogP contribution in [-0.4, -0.2) is 49.9 Å². The van der Waals surface area contributed by atoms with E-state index in [4.69, 9.17) is 0 Å². The zero-order valence-electron chi connectivity index (χ0n) is 14.5. The maximum absolute atomic E-state index is 12.1. The number of amides is 4. The fourth-order valence-electron chi connectivity index (χ4n) is 2.49. The van der Waals surface area contributed by atoms with E-state index in [1.807, 2.05) is 0 Å². The second-order valence-corrected chi connectivity index (χ2v) is 8.42. The Morgan fingerprint density at radius 3 is 2.15 bits per heavy atom. The first-order valence-corrected chi connectivity index (χ1v) is 9.93. The number of anilines is 2. The molecule has 0 spiro atoms. The largest absolute Gasteiger partial charge is 0.334 e. The Hall–Kier alpha value is -2.62. The molecule has 0 unspecified atom stereocenters. The van der Waals surface area contributed by atoms with Crippen LogP contribution in [0, 0.1) is 0 Å². The first-order valence-electron chi connectivity index (χ1n) is 8.10. The van der Waals surface area contributed by atoms with Crippen LogP contribution in [0.1, 0.15) is 20.3 Å². The predicted molar refractivity (Wildman–Crippen MR) is 97.6 cm³/mol. The lowest BCUT2D eigenvalue weighted by molar-refractivity contribution is -0.117. The van der Waals surface area contributed by atoms with Crippen LogP contribution in [0.2, 0.25) is 0 Å². The number of benzene rings is 1. The molecule has 1 fully saturated rings. The topological polar surface area (TPSA) is 133 Å². The molecule has 0 saturated carbocycles. The van der Waals surface area contributed by atoms with Crippen molar-refractivity contribution in [3.63, 3.8) is 0 Å². The zero-order valence-corrected chi connectivity index (χ0v) is 15.4. The second kappa shape index (κ2) is 8.17. The number of sulfone groups is 1. The minimum atomic E-state index is -3.09. The van der Waals surface area contributed by atoms with E-state index in [9.17, 15) is 22.8 Å². The Labute approximate surface area is 151 Å². The highest BCUT2D eigenvalue weighted by molar-refractivity contribution is 7.91. The van der Waals surface area contributed by atoms with Gasteiger partial charge < -0.3 is 21.3 Å². The highest BCUT2D eigenvalue weighted by Gasteiger charge is 2.29. The Bertz CT molecular complexity index is 791. The standard InChI is InChI=1S/C16H22N4O5S/c1-10(17-16(23)20-14-7-8-26(24,25)9-14)15(22)19-13-5-3-12(4-6-13)18-11(2)21/h3-6,10,14H,7-9H2,1-2H3,(H,18,21)(H,19,22)(H2,17,20,23)/t10-,14-/m0/s1. The van der Waals surface area contributed by atoms with E-state index in [1.54, 1.807) is 24.3 Å². The normalized spacial score (nSPS) is 19.2. The molecule has 26 heavy (non-hydrogen) atoms. The van der Waals surface area contributed by atoms with E-state index in [2.05, 4.69) is 21.3 Å². The molecule has 4 N–H and O–H groups in total. The molecule has 1 aromatic carbocycles. The molecule has 1 aliphatic heterocycles. The van der Waals surface area contributed by atoms with Gasteiger partial charge in [-0.15, -0.1) is 0 Å². The third kappa shape index (κ3) is 6.03. The molecular weight excluding hydrogens is 360 g/mol. The molecule has 0 aromatic heterocycles. The van der Waals surface area contributed by atoms with Crippen molar-refractivity contribution in [1.29, 1.82) is 0 Å². The van der Waals surface area contributed by atoms with Crippen molar-refractivity contribution in [2.24, 2.45) is 0 Å². The molecule has 2 rings (SSSR count). The van der Waals surface area contributed by atoms with Crippen LogP contribution in [0.4, 0.5) is 16.2 Å². The van der Waals surface area contributed by atoms with Gasteiger partial charge in [0.05, 0.1) is 11.5 Å². The lowest BCUT2D eigenvalue weighted by Crippen LogP contribution is -2.49. The smallest absolute Gasteiger partial charge is 0.315 e. The van der Waals surface area contributed by atoms with E-state index >= 15 is 0 Å². The third-order valence-electron chi connectivity index (χ3n) is 3.78. The van der Waals surface area contributed by atoms with Crippen LogP contribution >= 0.6 is 0 Å². The fourth-order valence-corrected chi connectivity index (χ4v) is 4.16. The summed E-state index contributed by atoms with van der Waals surface area (Å²) >= 11 is 0. The summed E-state index contributed by atoms with van der Waals surface area (Å²) in [5.74, 6) is -0.642. The number of carbonyl (C=O) groups excluding carboxylic acids is 3. The number of hydrogen-bond acceptors (Lipinski definition) is 5. The Morgan fingerprint density at radius 1 is 1.08 bits per heavy atom. The van der Waals surface area contributed by atoms with Crippen molar-refractivity contribution in [3.8, 4) is 0 Å². The summed E-state index contributed by atoms with van der Waals surface area (Å²) < 4.78 is 22.8. The van der Waals surface area contributed by atoms with Crippen LogP contribution in [0.3, 0.4) is 0 Å². The predicted octanol–water partition coefficient (Wildman–Crippen LogP) is 0.458. The SMILES string of the molecule is CC(=O)Nc1ccc(NC(=O)[C@H](C)NC(=O)N[C@H]2CCS(=O)(=O)C2)cc1. The van der Waals surface area contributed by atoms with Crippen molar-refractivity contribution in [2.75, 3.05) is 22.1 Å². The molecule has 9 nitrogen and oxygen atoms in total. The number of nitrogens with one attached hydrogen (secondary N) is 4. The minimum absolute atomic E-state index is 0.0580. The van der Waals surface area contributed by atoms with Gasteiger partial charge in [0, 0.05) is 24.3 Å². The monoisotopic (exact) mass is 382 g/mol. The van der Waals surface area contributed by atoms with Gasteiger partial charge in [0.25, 0.3) is 0 Å². The van der Waals surface area contributed by atoms with Crippen LogP contribution in [0.25, 0.3) is 0 Å². The van der Waals surface area contributed by atoms with Gasteiger partial charge in [-0.2, -0.15) is 0 Å². The number of urea groups is 1. The number of hydrogen-bond donors (Lipinski definition) is 4. The van der Waals surface area contributed by atoms with Gasteiger partial charge >= 0.3 is 6.03 Å². The fraction of sp³-hybridized carbons (Fsp3) is 0.438. The van der Waals surface area contributed by atoms with Crippen LogP contribution < -0.4 is 21.3 Å². The summed E-state index contributed by atoms with van der Waals surface area (Å²) in [4.78, 5) is 35.0. The molecule has 2 atom stereocenters. The highest BCUT2D eigenvalue weighted by Crippen LogP contribution is 2.14. The zero-order chi connectivity index (χ0) is 19.3. The van der Waals surface area contributed by atoms with Gasteiger partial charge in [0.2, 0.25) is 11.8 Å². The minimum Gasteiger partial charge on any atom is -0.334 e. The molecule has 1 saturated heterocycles. The highest BCUT2D eigenvalue weighted by atomic mass is 32.2. The molecule has 10 heteroatoms. The Kier molecular flexibility index (Phi) is 6.19. The summed E-state index contributed by atoms with van der Waals surface area (Å²) in [6, 6.07) is 4.69. The first kappa shape index (κ1) is 19.7. The lowest BCUT2D eigenvalue weighted by Gasteiger charge is -2.17. The van der Waals surface area contributed by atoms with E-state index in [0.717, 1.165) is 0 Å². The average Bonchev–Trinajstić information content (AvgIpc) is 2.87. The Balaban J connectivity index is 1.81. The maximum Gasteiger partial charge on any atom is 0.315 e. The maximum atomic E-state index is 12.1. The van der Waals surface area contributed by atoms with E-state index in [-0.39, 0.29) is 17.4 Å².